The normalized spacial score (nSPS) is 16.3. The van der Waals surface area contributed by atoms with Gasteiger partial charge in [0.25, 0.3) is 8.32 Å². The van der Waals surface area contributed by atoms with E-state index in [0.29, 0.717) is 6.79 Å². The van der Waals surface area contributed by atoms with E-state index in [1.807, 2.05) is 17.8 Å². The van der Waals surface area contributed by atoms with Gasteiger partial charge in [-0.2, -0.15) is 0 Å². The zero-order chi connectivity index (χ0) is 29.1. The van der Waals surface area contributed by atoms with Crippen molar-refractivity contribution in [2.75, 3.05) is 19.2 Å². The molecule has 2 aromatic rings. The second kappa shape index (κ2) is 15.7. The lowest BCUT2D eigenvalue weighted by atomic mass is 10.1. The Morgan fingerprint density at radius 2 is 1.57 bits per heavy atom. The predicted molar refractivity (Wildman–Crippen MR) is 180 cm³/mol. The number of ether oxygens (including phenoxy) is 2. The maximum atomic E-state index is 7.53. The van der Waals surface area contributed by atoms with E-state index in [1.54, 1.807) is 0 Å². The fourth-order valence-corrected chi connectivity index (χ4v) is 12.0. The molecule has 0 amide bonds. The number of hydrogen-bond donors (Lipinski definition) is 0. The topological polar surface area (TPSA) is 27.7 Å². The molecule has 0 radical (unpaired) electrons. The maximum absolute atomic E-state index is 7.53. The Labute approximate surface area is 250 Å². The number of rotatable bonds is 16. The van der Waals surface area contributed by atoms with Gasteiger partial charge in [-0.15, -0.1) is 18.3 Å². The first kappa shape index (κ1) is 33.1. The molecule has 3 nitrogen and oxygen atoms in total. The highest BCUT2D eigenvalue weighted by Crippen LogP contribution is 2.39. The standard InChI is InChI=1S/C34H52O3SSi2/c1-8-17-29(26-30(27-31-18-15-16-24-38-31)36-28-35-23-25-39(5,6)7)37-40(34(2,3)4,32-19-11-9-12-20-32)33-21-13-10-14-22-33/h8-14,18-22,29-30H,1,15-17,23-28H2,2-7H3/t29-,30-/m0/s1. The fourth-order valence-electron chi connectivity index (χ4n) is 5.38. The zero-order valence-electron chi connectivity index (χ0n) is 25.8. The molecule has 0 unspecified atom stereocenters. The van der Waals surface area contributed by atoms with Crippen LogP contribution in [0.25, 0.3) is 0 Å². The van der Waals surface area contributed by atoms with E-state index in [9.17, 15) is 0 Å². The Morgan fingerprint density at radius 3 is 2.08 bits per heavy atom. The Bertz CT molecular complexity index is 1000. The maximum Gasteiger partial charge on any atom is 0.261 e. The van der Waals surface area contributed by atoms with Crippen molar-refractivity contribution in [1.82, 2.24) is 0 Å². The van der Waals surface area contributed by atoms with Crippen molar-refractivity contribution >= 4 is 38.5 Å². The van der Waals surface area contributed by atoms with Crippen LogP contribution in [0.5, 0.6) is 0 Å². The zero-order valence-corrected chi connectivity index (χ0v) is 28.6. The minimum absolute atomic E-state index is 0.00928. The molecule has 0 fully saturated rings. The third-order valence-electron chi connectivity index (χ3n) is 7.54. The lowest BCUT2D eigenvalue weighted by molar-refractivity contribution is -0.0948. The van der Waals surface area contributed by atoms with E-state index in [4.69, 9.17) is 13.9 Å². The molecular weight excluding hydrogens is 545 g/mol. The molecule has 6 heteroatoms. The lowest BCUT2D eigenvalue weighted by Gasteiger charge is -2.45. The molecule has 40 heavy (non-hydrogen) atoms. The summed E-state index contributed by atoms with van der Waals surface area (Å²) < 4.78 is 20.0. The SMILES string of the molecule is C=CC[C@@H](C[C@@H](CC1=CCCCS1)OCOCC[Si](C)(C)C)O[Si](c1ccccc1)(c1ccccc1)C(C)(C)C. The van der Waals surface area contributed by atoms with E-state index in [-0.39, 0.29) is 17.2 Å². The lowest BCUT2D eigenvalue weighted by Crippen LogP contribution is -2.67. The van der Waals surface area contributed by atoms with Crippen molar-refractivity contribution in [3.05, 3.63) is 84.3 Å². The largest absolute Gasteiger partial charge is 0.404 e. The minimum atomic E-state index is -2.68. The average Bonchev–Trinajstić information content (AvgIpc) is 2.91. The second-order valence-electron chi connectivity index (χ2n) is 13.2. The van der Waals surface area contributed by atoms with Crippen molar-refractivity contribution < 1.29 is 13.9 Å². The van der Waals surface area contributed by atoms with Gasteiger partial charge in [0.1, 0.15) is 6.79 Å². The monoisotopic (exact) mass is 596 g/mol. The number of hydrogen-bond acceptors (Lipinski definition) is 4. The van der Waals surface area contributed by atoms with Gasteiger partial charge in [0.2, 0.25) is 0 Å². The highest BCUT2D eigenvalue weighted by atomic mass is 32.2. The summed E-state index contributed by atoms with van der Waals surface area (Å²) in [6.45, 7) is 19.4. The van der Waals surface area contributed by atoms with Crippen molar-refractivity contribution in [1.29, 1.82) is 0 Å². The molecule has 3 rings (SSSR count). The molecule has 220 valence electrons. The van der Waals surface area contributed by atoms with Crippen molar-refractivity contribution in [2.45, 2.75) is 95.8 Å². The van der Waals surface area contributed by atoms with Gasteiger partial charge in [-0.05, 0) is 57.8 Å². The smallest absolute Gasteiger partial charge is 0.261 e. The van der Waals surface area contributed by atoms with Crippen LogP contribution in [-0.2, 0) is 13.9 Å². The molecule has 2 aromatic carbocycles. The Morgan fingerprint density at radius 1 is 0.950 bits per heavy atom. The summed E-state index contributed by atoms with van der Waals surface area (Å²) in [5, 5.41) is 2.54. The summed E-state index contributed by atoms with van der Waals surface area (Å²) in [4.78, 5) is 1.45. The fraction of sp³-hybridized carbons (Fsp3) is 0.529. The molecule has 0 aliphatic carbocycles. The molecule has 0 saturated carbocycles. The summed E-state index contributed by atoms with van der Waals surface area (Å²) >= 11 is 1.98. The van der Waals surface area contributed by atoms with Crippen LogP contribution in [0, 0.1) is 0 Å². The molecule has 0 saturated heterocycles. The Hall–Kier alpha value is -1.42. The van der Waals surface area contributed by atoms with Gasteiger partial charge < -0.3 is 13.9 Å². The molecule has 0 aromatic heterocycles. The van der Waals surface area contributed by atoms with Crippen LogP contribution in [0.3, 0.4) is 0 Å². The van der Waals surface area contributed by atoms with Crippen LogP contribution >= 0.6 is 11.8 Å². The van der Waals surface area contributed by atoms with Gasteiger partial charge >= 0.3 is 0 Å². The van der Waals surface area contributed by atoms with E-state index < -0.39 is 16.4 Å². The molecule has 2 atom stereocenters. The highest BCUT2D eigenvalue weighted by Gasteiger charge is 2.51. The van der Waals surface area contributed by atoms with Crippen LogP contribution in [0.4, 0.5) is 0 Å². The second-order valence-corrected chi connectivity index (χ2v) is 24.2. The molecule has 0 bridgehead atoms. The molecule has 1 aliphatic rings. The predicted octanol–water partition coefficient (Wildman–Crippen LogP) is 8.40. The van der Waals surface area contributed by atoms with E-state index in [2.05, 4.69) is 114 Å². The van der Waals surface area contributed by atoms with Crippen molar-refractivity contribution in [3.63, 3.8) is 0 Å². The number of benzene rings is 2. The van der Waals surface area contributed by atoms with Gasteiger partial charge in [0, 0.05) is 21.1 Å². The third-order valence-corrected chi connectivity index (χ3v) is 15.5. The molecule has 1 aliphatic heterocycles. The van der Waals surface area contributed by atoms with Gasteiger partial charge in [-0.25, -0.2) is 0 Å². The summed E-state index contributed by atoms with van der Waals surface area (Å²) in [5.74, 6) is 1.19. The van der Waals surface area contributed by atoms with Gasteiger partial charge in [-0.3, -0.25) is 0 Å². The third kappa shape index (κ3) is 9.85. The van der Waals surface area contributed by atoms with Crippen molar-refractivity contribution in [3.8, 4) is 0 Å². The van der Waals surface area contributed by atoms with Crippen LogP contribution in [-0.4, -0.2) is 47.8 Å². The molecule has 0 N–H and O–H groups in total. The van der Waals surface area contributed by atoms with Crippen LogP contribution < -0.4 is 10.4 Å². The first-order valence-corrected chi connectivity index (χ1v) is 21.6. The molecule has 1 heterocycles. The molecular formula is C34H52O3SSi2. The van der Waals surface area contributed by atoms with Gasteiger partial charge in [0.15, 0.2) is 0 Å². The summed E-state index contributed by atoms with van der Waals surface area (Å²) in [6.07, 6.45) is 9.38. The summed E-state index contributed by atoms with van der Waals surface area (Å²) in [5.41, 5.74) is 0. The van der Waals surface area contributed by atoms with Crippen molar-refractivity contribution in [2.24, 2.45) is 0 Å². The quantitative estimate of drug-likeness (QED) is 0.0842. The van der Waals surface area contributed by atoms with Gasteiger partial charge in [-0.1, -0.05) is 113 Å². The van der Waals surface area contributed by atoms with E-state index >= 15 is 0 Å². The minimum Gasteiger partial charge on any atom is -0.404 e. The van der Waals surface area contributed by atoms with Gasteiger partial charge in [0.05, 0.1) is 12.2 Å². The van der Waals surface area contributed by atoms with Crippen LogP contribution in [0.2, 0.25) is 30.7 Å². The van der Waals surface area contributed by atoms with E-state index in [0.717, 1.165) is 38.3 Å². The first-order chi connectivity index (χ1) is 19.0. The summed E-state index contributed by atoms with van der Waals surface area (Å²) in [7, 11) is -3.82. The Kier molecular flexibility index (Phi) is 13.0. The molecule has 0 spiro atoms. The number of allylic oxidation sites excluding steroid dienone is 1. The number of thioether (sulfide) groups is 1. The van der Waals surface area contributed by atoms with E-state index in [1.165, 1.54) is 27.5 Å². The summed E-state index contributed by atoms with van der Waals surface area (Å²) in [6, 6.07) is 23.0. The van der Waals surface area contributed by atoms with Crippen LogP contribution in [0.1, 0.15) is 52.9 Å². The van der Waals surface area contributed by atoms with Crippen LogP contribution in [0.15, 0.2) is 84.3 Å². The first-order valence-electron chi connectivity index (χ1n) is 15.0. The Balaban J connectivity index is 1.89. The average molecular weight is 597 g/mol. The highest BCUT2D eigenvalue weighted by molar-refractivity contribution is 8.03.